The largest absolute Gasteiger partial charge is 0.322 e. The Morgan fingerprint density at radius 3 is 2.50 bits per heavy atom. The van der Waals surface area contributed by atoms with Gasteiger partial charge in [-0.2, -0.15) is 0 Å². The molecule has 0 aliphatic carbocycles. The van der Waals surface area contributed by atoms with Gasteiger partial charge in [0, 0.05) is 11.1 Å². The smallest absolute Gasteiger partial charge is 0.257 e. The van der Waals surface area contributed by atoms with E-state index in [9.17, 15) is 9.18 Å². The van der Waals surface area contributed by atoms with Gasteiger partial charge in [-0.05, 0) is 50.2 Å². The molecule has 0 unspecified atom stereocenters. The lowest BCUT2D eigenvalue weighted by atomic mass is 10.1. The molecule has 3 aromatic rings. The maximum atomic E-state index is 13.3. The molecule has 0 radical (unpaired) electrons. The van der Waals surface area contributed by atoms with Crippen LogP contribution >= 0.6 is 0 Å². The number of halogens is 1. The Morgan fingerprint density at radius 1 is 1.05 bits per heavy atom. The fourth-order valence-electron chi connectivity index (χ4n) is 2.31. The molecule has 110 valence electrons. The van der Waals surface area contributed by atoms with Crippen LogP contribution in [0.4, 0.5) is 10.1 Å². The monoisotopic (exact) mass is 294 g/mol. The third-order valence-corrected chi connectivity index (χ3v) is 3.52. The molecular formula is C18H15FN2O. The standard InChI is InChI=1S/C18H15FN2O/c1-11-3-6-15(7-4-11)21-18(22)16-10-13-9-14(19)5-8-17(13)20-12(16)2/h3-10H,1-2H3,(H,21,22). The molecule has 3 nitrogen and oxygen atoms in total. The summed E-state index contributed by atoms with van der Waals surface area (Å²) in [6.45, 7) is 3.75. The van der Waals surface area contributed by atoms with Crippen molar-refractivity contribution in [1.29, 1.82) is 0 Å². The van der Waals surface area contributed by atoms with Crippen LogP contribution in [0.15, 0.2) is 48.5 Å². The lowest BCUT2D eigenvalue weighted by molar-refractivity contribution is 0.102. The molecule has 1 heterocycles. The summed E-state index contributed by atoms with van der Waals surface area (Å²) in [6.07, 6.45) is 0. The van der Waals surface area contributed by atoms with Gasteiger partial charge in [0.1, 0.15) is 5.82 Å². The van der Waals surface area contributed by atoms with Gasteiger partial charge in [-0.25, -0.2) is 4.39 Å². The zero-order valence-corrected chi connectivity index (χ0v) is 12.4. The molecule has 3 rings (SSSR count). The highest BCUT2D eigenvalue weighted by Crippen LogP contribution is 2.19. The van der Waals surface area contributed by atoms with E-state index in [4.69, 9.17) is 0 Å². The minimum absolute atomic E-state index is 0.250. The van der Waals surface area contributed by atoms with Crippen molar-refractivity contribution < 1.29 is 9.18 Å². The van der Waals surface area contributed by atoms with Crippen LogP contribution in [-0.4, -0.2) is 10.9 Å². The number of carbonyl (C=O) groups is 1. The van der Waals surface area contributed by atoms with Crippen molar-refractivity contribution in [3.63, 3.8) is 0 Å². The van der Waals surface area contributed by atoms with Crippen LogP contribution < -0.4 is 5.32 Å². The second-order valence-corrected chi connectivity index (χ2v) is 5.28. The van der Waals surface area contributed by atoms with Crippen molar-refractivity contribution in [3.8, 4) is 0 Å². The van der Waals surface area contributed by atoms with E-state index in [2.05, 4.69) is 10.3 Å². The average molecular weight is 294 g/mol. The van der Waals surface area contributed by atoms with Gasteiger partial charge in [-0.3, -0.25) is 9.78 Å². The summed E-state index contributed by atoms with van der Waals surface area (Å²) in [5, 5.41) is 3.44. The highest BCUT2D eigenvalue weighted by Gasteiger charge is 2.12. The van der Waals surface area contributed by atoms with Crippen molar-refractivity contribution in [2.45, 2.75) is 13.8 Å². The number of fused-ring (bicyclic) bond motifs is 1. The molecule has 0 aliphatic heterocycles. The molecule has 0 saturated carbocycles. The van der Waals surface area contributed by atoms with Gasteiger partial charge < -0.3 is 5.32 Å². The Hall–Kier alpha value is -2.75. The summed E-state index contributed by atoms with van der Waals surface area (Å²) in [7, 11) is 0. The summed E-state index contributed by atoms with van der Waals surface area (Å²) < 4.78 is 13.3. The number of benzene rings is 2. The number of anilines is 1. The highest BCUT2D eigenvalue weighted by molar-refractivity contribution is 6.06. The van der Waals surface area contributed by atoms with E-state index in [0.29, 0.717) is 27.8 Å². The first-order valence-corrected chi connectivity index (χ1v) is 6.98. The molecule has 0 atom stereocenters. The molecule has 0 fully saturated rings. The molecule has 1 amide bonds. The summed E-state index contributed by atoms with van der Waals surface area (Å²) in [5.41, 5.74) is 3.57. The maximum absolute atomic E-state index is 13.3. The minimum Gasteiger partial charge on any atom is -0.322 e. The van der Waals surface area contributed by atoms with Crippen LogP contribution in [-0.2, 0) is 0 Å². The van der Waals surface area contributed by atoms with Crippen molar-refractivity contribution in [3.05, 3.63) is 71.2 Å². The quantitative estimate of drug-likeness (QED) is 0.768. The molecule has 0 aliphatic rings. The first-order chi connectivity index (χ1) is 10.5. The van der Waals surface area contributed by atoms with E-state index in [0.717, 1.165) is 5.56 Å². The molecule has 1 N–H and O–H groups in total. The molecular weight excluding hydrogens is 279 g/mol. The number of pyridine rings is 1. The van der Waals surface area contributed by atoms with Gasteiger partial charge in [-0.15, -0.1) is 0 Å². The Balaban J connectivity index is 1.96. The Kier molecular flexibility index (Phi) is 3.59. The third kappa shape index (κ3) is 2.81. The van der Waals surface area contributed by atoms with E-state index in [1.165, 1.54) is 12.1 Å². The van der Waals surface area contributed by atoms with Crippen LogP contribution in [0.2, 0.25) is 0 Å². The van der Waals surface area contributed by atoms with Crippen molar-refractivity contribution in [1.82, 2.24) is 4.98 Å². The normalized spacial score (nSPS) is 10.7. The van der Waals surface area contributed by atoms with Gasteiger partial charge in [0.15, 0.2) is 0 Å². The maximum Gasteiger partial charge on any atom is 0.257 e. The van der Waals surface area contributed by atoms with E-state index in [-0.39, 0.29) is 11.7 Å². The zero-order valence-electron chi connectivity index (χ0n) is 12.4. The average Bonchev–Trinajstić information content (AvgIpc) is 2.49. The summed E-state index contributed by atoms with van der Waals surface area (Å²) in [6, 6.07) is 13.6. The van der Waals surface area contributed by atoms with Gasteiger partial charge in [-0.1, -0.05) is 17.7 Å². The van der Waals surface area contributed by atoms with Crippen LogP contribution in [0.1, 0.15) is 21.6 Å². The predicted molar refractivity (Wildman–Crippen MR) is 85.6 cm³/mol. The first kappa shape index (κ1) is 14.2. The number of nitrogens with one attached hydrogen (secondary N) is 1. The number of aryl methyl sites for hydroxylation is 2. The molecule has 22 heavy (non-hydrogen) atoms. The molecule has 1 aromatic heterocycles. The Bertz CT molecular complexity index is 857. The third-order valence-electron chi connectivity index (χ3n) is 3.52. The summed E-state index contributed by atoms with van der Waals surface area (Å²) >= 11 is 0. The van der Waals surface area contributed by atoms with Crippen LogP contribution in [0.25, 0.3) is 10.9 Å². The number of carbonyl (C=O) groups excluding carboxylic acids is 1. The van der Waals surface area contributed by atoms with E-state index >= 15 is 0 Å². The van der Waals surface area contributed by atoms with Gasteiger partial charge in [0.05, 0.1) is 16.8 Å². The Labute approximate surface area is 127 Å². The zero-order chi connectivity index (χ0) is 15.7. The minimum atomic E-state index is -0.344. The van der Waals surface area contributed by atoms with E-state index in [1.807, 2.05) is 31.2 Å². The van der Waals surface area contributed by atoms with Gasteiger partial charge in [0.25, 0.3) is 5.91 Å². The number of aromatic nitrogens is 1. The second-order valence-electron chi connectivity index (χ2n) is 5.28. The molecule has 4 heteroatoms. The molecule has 0 spiro atoms. The SMILES string of the molecule is Cc1ccc(NC(=O)c2cc3cc(F)ccc3nc2C)cc1. The number of nitrogens with zero attached hydrogens (tertiary/aromatic N) is 1. The van der Waals surface area contributed by atoms with Crippen molar-refractivity contribution in [2.24, 2.45) is 0 Å². The van der Waals surface area contributed by atoms with E-state index in [1.54, 1.807) is 19.1 Å². The van der Waals surface area contributed by atoms with Crippen LogP contribution in [0, 0.1) is 19.7 Å². The highest BCUT2D eigenvalue weighted by atomic mass is 19.1. The fourth-order valence-corrected chi connectivity index (χ4v) is 2.31. The number of amides is 1. The second kappa shape index (κ2) is 5.56. The number of hydrogen-bond donors (Lipinski definition) is 1. The van der Waals surface area contributed by atoms with Crippen LogP contribution in [0.5, 0.6) is 0 Å². The predicted octanol–water partition coefficient (Wildman–Crippen LogP) is 4.24. The summed E-state index contributed by atoms with van der Waals surface area (Å²) in [4.78, 5) is 16.8. The van der Waals surface area contributed by atoms with Crippen molar-refractivity contribution >= 4 is 22.5 Å². The fraction of sp³-hybridized carbons (Fsp3) is 0.111. The van der Waals surface area contributed by atoms with Crippen molar-refractivity contribution in [2.75, 3.05) is 5.32 Å². The lowest BCUT2D eigenvalue weighted by Gasteiger charge is -2.09. The molecule has 0 bridgehead atoms. The van der Waals surface area contributed by atoms with Gasteiger partial charge >= 0.3 is 0 Å². The van der Waals surface area contributed by atoms with Gasteiger partial charge in [0.2, 0.25) is 0 Å². The lowest BCUT2D eigenvalue weighted by Crippen LogP contribution is -2.14. The Morgan fingerprint density at radius 2 is 1.77 bits per heavy atom. The molecule has 2 aromatic carbocycles. The summed E-state index contributed by atoms with van der Waals surface area (Å²) in [5.74, 6) is -0.594. The topological polar surface area (TPSA) is 42.0 Å². The van der Waals surface area contributed by atoms with Crippen LogP contribution in [0.3, 0.4) is 0 Å². The molecule has 0 saturated heterocycles. The first-order valence-electron chi connectivity index (χ1n) is 6.98. The number of hydrogen-bond acceptors (Lipinski definition) is 2. The number of rotatable bonds is 2. The van der Waals surface area contributed by atoms with E-state index < -0.39 is 0 Å².